The largest absolute Gasteiger partial charge is 0.418 e. The summed E-state index contributed by atoms with van der Waals surface area (Å²) in [5, 5.41) is 4.08. The number of nitrogens with one attached hydrogen (secondary N) is 1. The van der Waals surface area contributed by atoms with Crippen LogP contribution in [0, 0.1) is 5.92 Å². The van der Waals surface area contributed by atoms with Crippen molar-refractivity contribution in [1.29, 1.82) is 0 Å². The van der Waals surface area contributed by atoms with Gasteiger partial charge in [-0.05, 0) is 42.9 Å². The van der Waals surface area contributed by atoms with E-state index in [1.165, 1.54) is 35.0 Å². The zero-order valence-electron chi connectivity index (χ0n) is 15.6. The van der Waals surface area contributed by atoms with Crippen LogP contribution in [0.25, 0.3) is 0 Å². The molecule has 1 aliphatic carbocycles. The number of carbonyl (C=O) groups excluding carboxylic acids is 2. The van der Waals surface area contributed by atoms with Crippen molar-refractivity contribution in [2.45, 2.75) is 32.4 Å². The molecule has 3 rings (SSSR count). The van der Waals surface area contributed by atoms with Crippen LogP contribution in [-0.2, 0) is 23.8 Å². The first-order valence-corrected chi connectivity index (χ1v) is 9.85. The van der Waals surface area contributed by atoms with Gasteiger partial charge in [-0.2, -0.15) is 13.2 Å². The Morgan fingerprint density at radius 1 is 1.29 bits per heavy atom. The number of hydrogen-bond donors (Lipinski definition) is 1. The van der Waals surface area contributed by atoms with Crippen LogP contribution in [0.2, 0.25) is 0 Å². The summed E-state index contributed by atoms with van der Waals surface area (Å²) in [5.41, 5.74) is 0.404. The van der Waals surface area contributed by atoms with Crippen LogP contribution >= 0.6 is 11.3 Å². The fraction of sp³-hybridized carbons (Fsp3) is 0.400. The first-order chi connectivity index (χ1) is 13.2. The van der Waals surface area contributed by atoms with Gasteiger partial charge in [-0.15, -0.1) is 11.3 Å². The Morgan fingerprint density at radius 2 is 2.00 bits per heavy atom. The van der Waals surface area contributed by atoms with E-state index in [-0.39, 0.29) is 18.1 Å². The second-order valence-corrected chi connectivity index (χ2v) is 8.12. The van der Waals surface area contributed by atoms with E-state index in [0.717, 1.165) is 30.9 Å². The summed E-state index contributed by atoms with van der Waals surface area (Å²) >= 11 is 1.55. The average Bonchev–Trinajstić information content (AvgIpc) is 3.03. The zero-order chi connectivity index (χ0) is 20.5. The van der Waals surface area contributed by atoms with E-state index in [4.69, 9.17) is 0 Å². The summed E-state index contributed by atoms with van der Waals surface area (Å²) in [7, 11) is 1.48. The number of benzene rings is 1. The third-order valence-corrected chi connectivity index (χ3v) is 5.92. The maximum absolute atomic E-state index is 13.0. The van der Waals surface area contributed by atoms with Crippen molar-refractivity contribution in [3.05, 3.63) is 51.2 Å². The van der Waals surface area contributed by atoms with Gasteiger partial charge in [0, 0.05) is 17.3 Å². The lowest BCUT2D eigenvalue weighted by Gasteiger charge is -2.21. The Balaban J connectivity index is 1.68. The standard InChI is InChI=1S/C20H21F3N2O2S/c1-12-7-8-13-14(11-28-17(13)9-12)19(27)25(2)10-18(26)24-16-6-4-3-5-15(16)20(21,22)23/h3-6,11-12H,7-10H2,1-2H3,(H,24,26). The molecule has 1 unspecified atom stereocenters. The number of alkyl halides is 3. The number of likely N-dealkylation sites (N-methyl/N-ethyl adjacent to an activating group) is 1. The highest BCUT2D eigenvalue weighted by Crippen LogP contribution is 2.35. The topological polar surface area (TPSA) is 49.4 Å². The van der Waals surface area contributed by atoms with Gasteiger partial charge in [-0.3, -0.25) is 9.59 Å². The molecule has 1 aromatic carbocycles. The highest BCUT2D eigenvalue weighted by Gasteiger charge is 2.33. The molecule has 28 heavy (non-hydrogen) atoms. The second kappa shape index (κ2) is 7.95. The summed E-state index contributed by atoms with van der Waals surface area (Å²) in [4.78, 5) is 27.4. The van der Waals surface area contributed by atoms with Gasteiger partial charge in [-0.1, -0.05) is 19.1 Å². The van der Waals surface area contributed by atoms with Crippen LogP contribution in [0.4, 0.5) is 18.9 Å². The molecule has 1 aromatic heterocycles. The van der Waals surface area contributed by atoms with E-state index in [9.17, 15) is 22.8 Å². The van der Waals surface area contributed by atoms with Gasteiger partial charge in [0.15, 0.2) is 0 Å². The first kappa shape index (κ1) is 20.4. The van der Waals surface area contributed by atoms with Crippen molar-refractivity contribution in [2.75, 3.05) is 18.9 Å². The third-order valence-electron chi connectivity index (χ3n) is 4.87. The third kappa shape index (κ3) is 4.38. The minimum atomic E-state index is -4.57. The number of anilines is 1. The molecule has 0 saturated heterocycles. The number of rotatable bonds is 4. The number of fused-ring (bicyclic) bond motifs is 1. The Labute approximate surface area is 165 Å². The number of thiophene rings is 1. The fourth-order valence-corrected chi connectivity index (χ4v) is 4.62. The van der Waals surface area contributed by atoms with Crippen molar-refractivity contribution in [2.24, 2.45) is 5.92 Å². The summed E-state index contributed by atoms with van der Waals surface area (Å²) in [6.07, 6.45) is -1.77. The highest BCUT2D eigenvalue weighted by atomic mass is 32.1. The van der Waals surface area contributed by atoms with Crippen molar-refractivity contribution in [3.63, 3.8) is 0 Å². The molecule has 0 fully saturated rings. The molecule has 0 radical (unpaired) electrons. The molecule has 2 amide bonds. The van der Waals surface area contributed by atoms with E-state index in [1.54, 1.807) is 11.3 Å². The van der Waals surface area contributed by atoms with Gasteiger partial charge in [0.25, 0.3) is 5.91 Å². The lowest BCUT2D eigenvalue weighted by Crippen LogP contribution is -2.35. The van der Waals surface area contributed by atoms with Crippen molar-refractivity contribution in [3.8, 4) is 0 Å². The van der Waals surface area contributed by atoms with E-state index < -0.39 is 17.6 Å². The monoisotopic (exact) mass is 410 g/mol. The molecule has 2 aromatic rings. The van der Waals surface area contributed by atoms with E-state index >= 15 is 0 Å². The molecule has 1 atom stereocenters. The van der Waals surface area contributed by atoms with E-state index in [0.29, 0.717) is 11.5 Å². The lowest BCUT2D eigenvalue weighted by atomic mass is 9.88. The molecule has 0 aliphatic heterocycles. The Bertz CT molecular complexity index is 892. The van der Waals surface area contributed by atoms with Gasteiger partial charge in [0.2, 0.25) is 5.91 Å². The Morgan fingerprint density at radius 3 is 2.71 bits per heavy atom. The van der Waals surface area contributed by atoms with Crippen LogP contribution in [0.5, 0.6) is 0 Å². The molecule has 150 valence electrons. The van der Waals surface area contributed by atoms with Crippen molar-refractivity contribution in [1.82, 2.24) is 4.90 Å². The molecule has 0 bridgehead atoms. The van der Waals surface area contributed by atoms with Crippen molar-refractivity contribution < 1.29 is 22.8 Å². The van der Waals surface area contributed by atoms with Gasteiger partial charge in [0.05, 0.1) is 23.4 Å². The first-order valence-electron chi connectivity index (χ1n) is 8.97. The molecule has 0 saturated carbocycles. The molecule has 8 heteroatoms. The smallest absolute Gasteiger partial charge is 0.332 e. The van der Waals surface area contributed by atoms with E-state index in [1.807, 2.05) is 5.38 Å². The minimum Gasteiger partial charge on any atom is -0.332 e. The molecule has 0 spiro atoms. The fourth-order valence-electron chi connectivity index (χ4n) is 3.38. The lowest BCUT2D eigenvalue weighted by molar-refractivity contribution is -0.137. The summed E-state index contributed by atoms with van der Waals surface area (Å²) in [6, 6.07) is 4.77. The van der Waals surface area contributed by atoms with Gasteiger partial charge in [0.1, 0.15) is 0 Å². The Hall–Kier alpha value is -2.35. The van der Waals surface area contributed by atoms with Crippen LogP contribution in [0.1, 0.15) is 39.7 Å². The summed E-state index contributed by atoms with van der Waals surface area (Å²) < 4.78 is 39.1. The number of carbonyl (C=O) groups is 2. The molecule has 1 aliphatic rings. The average molecular weight is 410 g/mol. The number of nitrogens with zero attached hydrogens (tertiary/aromatic N) is 1. The molecule has 1 N–H and O–H groups in total. The van der Waals surface area contributed by atoms with Gasteiger partial charge >= 0.3 is 6.18 Å². The molecule has 1 heterocycles. The second-order valence-electron chi connectivity index (χ2n) is 7.15. The quantitative estimate of drug-likeness (QED) is 0.801. The van der Waals surface area contributed by atoms with Gasteiger partial charge in [-0.25, -0.2) is 0 Å². The Kier molecular flexibility index (Phi) is 5.79. The number of amides is 2. The molecule has 4 nitrogen and oxygen atoms in total. The van der Waals surface area contributed by atoms with Crippen LogP contribution in [0.3, 0.4) is 0 Å². The van der Waals surface area contributed by atoms with Crippen LogP contribution in [-0.4, -0.2) is 30.3 Å². The van der Waals surface area contributed by atoms with Crippen LogP contribution < -0.4 is 5.32 Å². The van der Waals surface area contributed by atoms with Gasteiger partial charge < -0.3 is 10.2 Å². The molecular weight excluding hydrogens is 389 g/mol. The predicted octanol–water partition coefficient (Wildman–Crippen LogP) is 4.60. The number of para-hydroxylation sites is 1. The zero-order valence-corrected chi connectivity index (χ0v) is 16.4. The summed E-state index contributed by atoms with van der Waals surface area (Å²) in [5.74, 6) is -0.372. The predicted molar refractivity (Wildman–Crippen MR) is 103 cm³/mol. The highest BCUT2D eigenvalue weighted by molar-refractivity contribution is 7.10. The van der Waals surface area contributed by atoms with Crippen molar-refractivity contribution >= 4 is 28.8 Å². The SMILES string of the molecule is CC1CCc2c(C(=O)N(C)CC(=O)Nc3ccccc3C(F)(F)F)csc2C1. The summed E-state index contributed by atoms with van der Waals surface area (Å²) in [6.45, 7) is 1.85. The number of hydrogen-bond acceptors (Lipinski definition) is 3. The van der Waals surface area contributed by atoms with Crippen LogP contribution in [0.15, 0.2) is 29.6 Å². The number of halogens is 3. The maximum atomic E-state index is 13.0. The minimum absolute atomic E-state index is 0.286. The van der Waals surface area contributed by atoms with E-state index in [2.05, 4.69) is 12.2 Å². The molecular formula is C20H21F3N2O2S. The normalized spacial score (nSPS) is 16.4. The maximum Gasteiger partial charge on any atom is 0.418 e.